The third kappa shape index (κ3) is 1.82. The number of benzene rings is 2. The summed E-state index contributed by atoms with van der Waals surface area (Å²) >= 11 is 0. The molecule has 0 radical (unpaired) electrons. The van der Waals surface area contributed by atoms with Gasteiger partial charge in [-0.25, -0.2) is 4.79 Å². The molecule has 0 unspecified atom stereocenters. The second kappa shape index (κ2) is 4.88. The minimum atomic E-state index is -0.00410. The van der Waals surface area contributed by atoms with Crippen LogP contribution >= 0.6 is 0 Å². The normalized spacial score (nSPS) is 14.0. The van der Waals surface area contributed by atoms with E-state index in [4.69, 9.17) is 0 Å². The minimum Gasteiger partial charge on any atom is -0.294 e. The molecule has 4 nitrogen and oxygen atoms in total. The molecule has 1 aliphatic heterocycles. The summed E-state index contributed by atoms with van der Waals surface area (Å²) in [7, 11) is 0. The van der Waals surface area contributed by atoms with E-state index < -0.39 is 0 Å². The molecule has 2 aromatic carbocycles. The van der Waals surface area contributed by atoms with Crippen molar-refractivity contribution >= 4 is 34.0 Å². The molecule has 0 saturated carbocycles. The van der Waals surface area contributed by atoms with Crippen LogP contribution < -0.4 is 9.80 Å². The predicted octanol–water partition coefficient (Wildman–Crippen LogP) is 3.83. The summed E-state index contributed by atoms with van der Waals surface area (Å²) in [5.74, 6) is 0.0432. The van der Waals surface area contributed by atoms with E-state index in [9.17, 15) is 9.59 Å². The first-order chi connectivity index (χ1) is 10.1. The third-order valence-electron chi connectivity index (χ3n) is 4.05. The van der Waals surface area contributed by atoms with Gasteiger partial charge in [-0.05, 0) is 44.4 Å². The van der Waals surface area contributed by atoms with Crippen LogP contribution in [0.4, 0.5) is 16.2 Å². The average molecular weight is 282 g/mol. The van der Waals surface area contributed by atoms with Crippen molar-refractivity contribution in [2.75, 3.05) is 22.9 Å². The lowest BCUT2D eigenvalue weighted by Crippen LogP contribution is -2.46. The molecule has 0 bridgehead atoms. The van der Waals surface area contributed by atoms with E-state index in [0.29, 0.717) is 18.7 Å². The Kier molecular flexibility index (Phi) is 3.16. The summed E-state index contributed by atoms with van der Waals surface area (Å²) in [6, 6.07) is 9.51. The number of nitrogens with zero attached hydrogens (tertiary/aromatic N) is 2. The Morgan fingerprint density at radius 1 is 1.00 bits per heavy atom. The van der Waals surface area contributed by atoms with Gasteiger partial charge >= 0.3 is 6.03 Å². The molecule has 1 aliphatic rings. The van der Waals surface area contributed by atoms with Gasteiger partial charge in [0.2, 0.25) is 0 Å². The molecule has 4 heteroatoms. The maximum absolute atomic E-state index is 12.6. The Bertz CT molecular complexity index is 732. The van der Waals surface area contributed by atoms with E-state index in [2.05, 4.69) is 0 Å². The molecular formula is C17H18N2O2. The van der Waals surface area contributed by atoms with Crippen molar-refractivity contribution in [3.8, 4) is 0 Å². The quantitative estimate of drug-likeness (QED) is 0.803. The van der Waals surface area contributed by atoms with Gasteiger partial charge in [0, 0.05) is 24.0 Å². The van der Waals surface area contributed by atoms with E-state index in [-0.39, 0.29) is 11.8 Å². The Morgan fingerprint density at radius 2 is 1.62 bits per heavy atom. The molecule has 2 amide bonds. The first-order valence-corrected chi connectivity index (χ1v) is 7.25. The number of hydrogen-bond acceptors (Lipinski definition) is 2. The molecule has 0 aliphatic carbocycles. The molecule has 21 heavy (non-hydrogen) atoms. The summed E-state index contributed by atoms with van der Waals surface area (Å²) in [4.78, 5) is 28.0. The molecule has 108 valence electrons. The summed E-state index contributed by atoms with van der Waals surface area (Å²) in [6.45, 7) is 6.72. The van der Waals surface area contributed by atoms with E-state index >= 15 is 0 Å². The second-order valence-electron chi connectivity index (χ2n) is 5.16. The first kappa shape index (κ1) is 13.6. The van der Waals surface area contributed by atoms with Crippen molar-refractivity contribution < 1.29 is 9.59 Å². The first-order valence-electron chi connectivity index (χ1n) is 7.25. The number of Topliss-reactive ketones (excluding diaryl/α,β-unsaturated/α-hetero) is 1. The zero-order chi connectivity index (χ0) is 15.1. The largest absolute Gasteiger partial charge is 0.328 e. The topological polar surface area (TPSA) is 40.6 Å². The number of carbonyl (C=O) groups is 2. The van der Waals surface area contributed by atoms with Crippen LogP contribution in [0.5, 0.6) is 0 Å². The van der Waals surface area contributed by atoms with Gasteiger partial charge in [-0.15, -0.1) is 0 Å². The van der Waals surface area contributed by atoms with Gasteiger partial charge in [0.25, 0.3) is 0 Å². The zero-order valence-electron chi connectivity index (χ0n) is 12.5. The van der Waals surface area contributed by atoms with Crippen LogP contribution in [0.1, 0.15) is 31.1 Å². The van der Waals surface area contributed by atoms with Crippen LogP contribution in [-0.2, 0) is 0 Å². The number of carbonyl (C=O) groups excluding carboxylic acids is 2. The fourth-order valence-electron chi connectivity index (χ4n) is 3.09. The summed E-state index contributed by atoms with van der Waals surface area (Å²) in [5.41, 5.74) is 2.49. The molecule has 0 saturated heterocycles. The highest BCUT2D eigenvalue weighted by molar-refractivity contribution is 6.23. The van der Waals surface area contributed by atoms with E-state index in [0.717, 1.165) is 22.1 Å². The van der Waals surface area contributed by atoms with Crippen LogP contribution in [0.2, 0.25) is 0 Å². The van der Waals surface area contributed by atoms with Gasteiger partial charge in [0.05, 0.1) is 11.4 Å². The van der Waals surface area contributed by atoms with Gasteiger partial charge in [-0.2, -0.15) is 0 Å². The van der Waals surface area contributed by atoms with E-state index in [1.165, 1.54) is 0 Å². The lowest BCUT2D eigenvalue weighted by molar-refractivity contribution is 0.101. The van der Waals surface area contributed by atoms with Gasteiger partial charge in [0.1, 0.15) is 0 Å². The Balaban J connectivity index is 2.42. The minimum absolute atomic E-state index is 0.00410. The second-order valence-corrected chi connectivity index (χ2v) is 5.16. The summed E-state index contributed by atoms with van der Waals surface area (Å²) in [6.07, 6.45) is 0. The maximum atomic E-state index is 12.6. The summed E-state index contributed by atoms with van der Waals surface area (Å²) < 4.78 is 0. The van der Waals surface area contributed by atoms with Crippen molar-refractivity contribution in [1.82, 2.24) is 0 Å². The van der Waals surface area contributed by atoms with Crippen LogP contribution in [0, 0.1) is 0 Å². The Labute approximate surface area is 124 Å². The number of hydrogen-bond donors (Lipinski definition) is 0. The van der Waals surface area contributed by atoms with Crippen LogP contribution in [0.25, 0.3) is 10.8 Å². The van der Waals surface area contributed by atoms with Crippen molar-refractivity contribution in [3.63, 3.8) is 0 Å². The molecule has 0 N–H and O–H groups in total. The zero-order valence-corrected chi connectivity index (χ0v) is 12.5. The third-order valence-corrected chi connectivity index (χ3v) is 4.05. The van der Waals surface area contributed by atoms with Gasteiger partial charge in [0.15, 0.2) is 5.78 Å². The van der Waals surface area contributed by atoms with Crippen molar-refractivity contribution in [1.29, 1.82) is 0 Å². The van der Waals surface area contributed by atoms with Crippen LogP contribution in [0.15, 0.2) is 30.3 Å². The molecule has 1 heterocycles. The SMILES string of the molecule is CCN1C(=O)N(CC)c2ccc(C(C)=O)c3cccc1c23. The van der Waals surface area contributed by atoms with Crippen molar-refractivity contribution in [3.05, 3.63) is 35.9 Å². The predicted molar refractivity (Wildman–Crippen MR) is 85.4 cm³/mol. The molecule has 0 atom stereocenters. The summed E-state index contributed by atoms with van der Waals surface area (Å²) in [5, 5.41) is 1.91. The number of urea groups is 1. The monoisotopic (exact) mass is 282 g/mol. The average Bonchev–Trinajstić information content (AvgIpc) is 2.48. The smallest absolute Gasteiger partial charge is 0.294 e. The standard InChI is InChI=1S/C17H18N2O2/c1-4-18-14-8-6-7-13-12(11(3)20)9-10-15(16(13)14)19(5-2)17(18)21/h6-10H,4-5H2,1-3H3. The highest BCUT2D eigenvalue weighted by atomic mass is 16.2. The molecule has 2 aromatic rings. The van der Waals surface area contributed by atoms with Gasteiger partial charge < -0.3 is 0 Å². The Morgan fingerprint density at radius 3 is 2.19 bits per heavy atom. The van der Waals surface area contributed by atoms with Crippen LogP contribution in [0.3, 0.4) is 0 Å². The van der Waals surface area contributed by atoms with Gasteiger partial charge in [-0.3, -0.25) is 14.6 Å². The van der Waals surface area contributed by atoms with E-state index in [1.807, 2.05) is 44.2 Å². The fraction of sp³-hybridized carbons (Fsp3) is 0.294. The molecule has 3 rings (SSSR count). The molecule has 0 fully saturated rings. The number of anilines is 2. The molecule has 0 spiro atoms. The van der Waals surface area contributed by atoms with Crippen molar-refractivity contribution in [2.45, 2.75) is 20.8 Å². The molecular weight excluding hydrogens is 264 g/mol. The number of amides is 2. The van der Waals surface area contributed by atoms with E-state index in [1.54, 1.807) is 16.7 Å². The van der Waals surface area contributed by atoms with Gasteiger partial charge in [-0.1, -0.05) is 12.1 Å². The maximum Gasteiger partial charge on any atom is 0.328 e. The number of rotatable bonds is 3. The van der Waals surface area contributed by atoms with Crippen molar-refractivity contribution in [2.24, 2.45) is 0 Å². The highest BCUT2D eigenvalue weighted by Crippen LogP contribution is 2.41. The van der Waals surface area contributed by atoms with Crippen LogP contribution in [-0.4, -0.2) is 24.9 Å². The lowest BCUT2D eigenvalue weighted by Gasteiger charge is -2.36. The lowest BCUT2D eigenvalue weighted by atomic mass is 9.96. The molecule has 0 aromatic heterocycles. The highest BCUT2D eigenvalue weighted by Gasteiger charge is 2.30. The number of ketones is 1. The Hall–Kier alpha value is -2.36. The fourth-order valence-corrected chi connectivity index (χ4v) is 3.09.